The van der Waals surface area contributed by atoms with E-state index >= 15 is 0 Å². The Morgan fingerprint density at radius 2 is 1.95 bits per heavy atom. The summed E-state index contributed by atoms with van der Waals surface area (Å²) in [5.41, 5.74) is 0.591. The molecule has 22 heavy (non-hydrogen) atoms. The van der Waals surface area contributed by atoms with Gasteiger partial charge in [-0.25, -0.2) is 0 Å². The second-order valence-corrected chi connectivity index (χ2v) is 4.85. The zero-order chi connectivity index (χ0) is 16.5. The fraction of sp³-hybridized carbons (Fsp3) is 0.267. The average molecular weight is 365 g/mol. The van der Waals surface area contributed by atoms with Crippen LogP contribution in [-0.2, 0) is 9.53 Å². The highest BCUT2D eigenvalue weighted by atomic mass is 79.9. The molecule has 1 aromatic rings. The molecule has 0 saturated carbocycles. The number of benzene rings is 1. The first-order valence-corrected chi connectivity index (χ1v) is 6.96. The highest BCUT2D eigenvalue weighted by Gasteiger charge is 2.10. The largest absolute Gasteiger partial charge is 0.493 e. The summed E-state index contributed by atoms with van der Waals surface area (Å²) in [6.07, 6.45) is 1.44. The lowest BCUT2D eigenvalue weighted by Crippen LogP contribution is -2.10. The van der Waals surface area contributed by atoms with Gasteiger partial charge in [0.25, 0.3) is 0 Å². The number of halogens is 1. The third-order valence-corrected chi connectivity index (χ3v) is 3.16. The quantitative estimate of drug-likeness (QED) is 0.437. The number of hydrogen-bond acceptors (Lipinski definition) is 6. The summed E-state index contributed by atoms with van der Waals surface area (Å²) >= 11 is 3.35. The van der Waals surface area contributed by atoms with E-state index in [9.17, 15) is 4.79 Å². The summed E-state index contributed by atoms with van der Waals surface area (Å²) in [6.45, 7) is 1.63. The van der Waals surface area contributed by atoms with E-state index in [2.05, 4.69) is 15.9 Å². The van der Waals surface area contributed by atoms with E-state index in [1.807, 2.05) is 0 Å². The molecule has 0 spiro atoms. The summed E-state index contributed by atoms with van der Waals surface area (Å²) in [4.78, 5) is 10.7. The van der Waals surface area contributed by atoms with Crippen molar-refractivity contribution in [2.45, 2.75) is 6.92 Å². The second kappa shape index (κ2) is 8.71. The minimum Gasteiger partial charge on any atom is -0.493 e. The smallest absolute Gasteiger partial charge is 0.302 e. The molecule has 1 aromatic carbocycles. The fourth-order valence-electron chi connectivity index (χ4n) is 1.52. The van der Waals surface area contributed by atoms with E-state index in [0.29, 0.717) is 21.5 Å². The minimum atomic E-state index is -0.377. The Hall–Kier alpha value is -2.51. The number of carbonyl (C=O) groups excluding carboxylic acids is 1. The number of nitriles is 2. The molecule has 0 saturated heterocycles. The maximum Gasteiger partial charge on any atom is 0.302 e. The molecular weight excluding hydrogens is 352 g/mol. The van der Waals surface area contributed by atoms with Gasteiger partial charge in [0.05, 0.1) is 7.11 Å². The van der Waals surface area contributed by atoms with Crippen LogP contribution in [0.2, 0.25) is 0 Å². The van der Waals surface area contributed by atoms with Gasteiger partial charge in [-0.15, -0.1) is 0 Å². The second-order valence-electron chi connectivity index (χ2n) is 3.99. The zero-order valence-corrected chi connectivity index (χ0v) is 13.6. The highest BCUT2D eigenvalue weighted by Crippen LogP contribution is 2.34. The topological polar surface area (TPSA) is 92.3 Å². The van der Waals surface area contributed by atoms with Gasteiger partial charge in [0.2, 0.25) is 0 Å². The lowest BCUT2D eigenvalue weighted by molar-refractivity contribution is -0.141. The number of carbonyl (C=O) groups is 1. The number of methoxy groups -OCH3 is 1. The van der Waals surface area contributed by atoms with Crippen LogP contribution in [0, 0.1) is 22.7 Å². The van der Waals surface area contributed by atoms with Crippen LogP contribution in [0.3, 0.4) is 0 Å². The maximum atomic E-state index is 10.7. The van der Waals surface area contributed by atoms with Crippen molar-refractivity contribution in [3.63, 3.8) is 0 Å². The normalized spacial score (nSPS) is 9.14. The van der Waals surface area contributed by atoms with Gasteiger partial charge >= 0.3 is 5.97 Å². The summed E-state index contributed by atoms with van der Waals surface area (Å²) in [7, 11) is 1.48. The van der Waals surface area contributed by atoms with Crippen LogP contribution < -0.4 is 9.47 Å². The number of esters is 1. The molecule has 0 fully saturated rings. The maximum absolute atomic E-state index is 10.7. The van der Waals surface area contributed by atoms with Gasteiger partial charge in [-0.1, -0.05) is 15.9 Å². The summed E-state index contributed by atoms with van der Waals surface area (Å²) in [6, 6.07) is 6.88. The first kappa shape index (κ1) is 17.5. The van der Waals surface area contributed by atoms with Gasteiger partial charge in [-0.2, -0.15) is 10.5 Å². The minimum absolute atomic E-state index is 0.0220. The van der Waals surface area contributed by atoms with E-state index in [1.54, 1.807) is 24.3 Å². The van der Waals surface area contributed by atoms with Crippen molar-refractivity contribution in [1.82, 2.24) is 0 Å². The molecule has 6 nitrogen and oxygen atoms in total. The molecule has 7 heteroatoms. The predicted octanol–water partition coefficient (Wildman–Crippen LogP) is 2.83. The molecule has 0 radical (unpaired) electrons. The Kier molecular flexibility index (Phi) is 6.94. The SMILES string of the molecule is COc1cc(C=C(C#N)C#N)c(Br)cc1OCCOC(C)=O. The lowest BCUT2D eigenvalue weighted by atomic mass is 10.1. The van der Waals surface area contributed by atoms with Gasteiger partial charge in [0, 0.05) is 11.4 Å². The first-order chi connectivity index (χ1) is 10.5. The van der Waals surface area contributed by atoms with Crippen LogP contribution in [-0.4, -0.2) is 26.3 Å². The number of nitrogens with zero attached hydrogens (tertiary/aromatic N) is 2. The number of allylic oxidation sites excluding steroid dienone is 1. The van der Waals surface area contributed by atoms with Crippen molar-refractivity contribution in [1.29, 1.82) is 10.5 Å². The monoisotopic (exact) mass is 364 g/mol. The summed E-state index contributed by atoms with van der Waals surface area (Å²) < 4.78 is 16.1. The first-order valence-electron chi connectivity index (χ1n) is 6.17. The molecule has 0 unspecified atom stereocenters. The molecule has 114 valence electrons. The number of ether oxygens (including phenoxy) is 3. The van der Waals surface area contributed by atoms with Gasteiger partial charge in [-0.05, 0) is 23.8 Å². The van der Waals surface area contributed by atoms with Crippen LogP contribution in [0.5, 0.6) is 11.5 Å². The van der Waals surface area contributed by atoms with E-state index in [1.165, 1.54) is 20.1 Å². The van der Waals surface area contributed by atoms with Gasteiger partial charge < -0.3 is 14.2 Å². The van der Waals surface area contributed by atoms with Crippen molar-refractivity contribution in [2.24, 2.45) is 0 Å². The Morgan fingerprint density at radius 3 is 2.50 bits per heavy atom. The molecule has 0 bridgehead atoms. The summed E-state index contributed by atoms with van der Waals surface area (Å²) in [5.74, 6) is 0.513. The molecule has 0 amide bonds. The molecule has 0 aliphatic rings. The molecule has 1 rings (SSSR count). The Morgan fingerprint density at radius 1 is 1.27 bits per heavy atom. The third-order valence-electron chi connectivity index (χ3n) is 2.47. The Bertz CT molecular complexity index is 655. The number of hydrogen-bond donors (Lipinski definition) is 0. The highest BCUT2D eigenvalue weighted by molar-refractivity contribution is 9.10. The van der Waals surface area contributed by atoms with Crippen LogP contribution in [0.1, 0.15) is 12.5 Å². The molecule has 0 N–H and O–H groups in total. The van der Waals surface area contributed by atoms with Crippen LogP contribution in [0.25, 0.3) is 6.08 Å². The zero-order valence-electron chi connectivity index (χ0n) is 12.1. The number of rotatable bonds is 6. The van der Waals surface area contributed by atoms with Crippen LogP contribution in [0.4, 0.5) is 0 Å². The van der Waals surface area contributed by atoms with Crippen molar-refractivity contribution in [3.8, 4) is 23.6 Å². The molecule has 0 aliphatic heterocycles. The van der Waals surface area contributed by atoms with Crippen LogP contribution >= 0.6 is 15.9 Å². The van der Waals surface area contributed by atoms with Crippen molar-refractivity contribution in [2.75, 3.05) is 20.3 Å². The van der Waals surface area contributed by atoms with Gasteiger partial charge in [-0.3, -0.25) is 4.79 Å². The average Bonchev–Trinajstić information content (AvgIpc) is 2.50. The molecule has 0 aromatic heterocycles. The van der Waals surface area contributed by atoms with Crippen LogP contribution in [0.15, 0.2) is 22.2 Å². The lowest BCUT2D eigenvalue weighted by Gasteiger charge is -2.12. The van der Waals surface area contributed by atoms with Crippen molar-refractivity contribution >= 4 is 28.0 Å². The van der Waals surface area contributed by atoms with Crippen molar-refractivity contribution in [3.05, 3.63) is 27.7 Å². The van der Waals surface area contributed by atoms with Crippen molar-refractivity contribution < 1.29 is 19.0 Å². The van der Waals surface area contributed by atoms with Gasteiger partial charge in [0.15, 0.2) is 11.5 Å². The third kappa shape index (κ3) is 5.12. The Balaban J connectivity index is 2.96. The van der Waals surface area contributed by atoms with Gasteiger partial charge in [0.1, 0.15) is 30.9 Å². The van der Waals surface area contributed by atoms with E-state index in [-0.39, 0.29) is 24.8 Å². The van der Waals surface area contributed by atoms with E-state index < -0.39 is 0 Å². The standard InChI is InChI=1S/C15H13BrN2O4/c1-10(19)21-3-4-22-15-7-13(16)12(6-14(15)20-2)5-11(8-17)9-18/h5-7H,3-4H2,1-2H3. The van der Waals surface area contributed by atoms with E-state index in [4.69, 9.17) is 24.7 Å². The molecule has 0 heterocycles. The molecule has 0 atom stereocenters. The van der Waals surface area contributed by atoms with E-state index in [0.717, 1.165) is 0 Å². The molecular formula is C15H13BrN2O4. The summed E-state index contributed by atoms with van der Waals surface area (Å²) in [5, 5.41) is 17.6. The Labute approximate surface area is 136 Å². The fourth-order valence-corrected chi connectivity index (χ4v) is 1.95. The predicted molar refractivity (Wildman–Crippen MR) is 82.0 cm³/mol. The molecule has 0 aliphatic carbocycles.